The van der Waals surface area contributed by atoms with E-state index in [-0.39, 0.29) is 5.78 Å². The molecule has 124 valence electrons. The third kappa shape index (κ3) is 2.29. The Hall–Kier alpha value is -2.35. The highest BCUT2D eigenvalue weighted by Gasteiger charge is 2.55. The van der Waals surface area contributed by atoms with Crippen LogP contribution in [0.1, 0.15) is 38.3 Å². The highest BCUT2D eigenvalue weighted by molar-refractivity contribution is 6.34. The normalized spacial score (nSPS) is 20.0. The van der Waals surface area contributed by atoms with Crippen LogP contribution in [0.3, 0.4) is 0 Å². The minimum Gasteiger partial charge on any atom is -0.374 e. The molecule has 0 amide bonds. The van der Waals surface area contributed by atoms with Crippen LogP contribution in [-0.4, -0.2) is 23.8 Å². The van der Waals surface area contributed by atoms with E-state index in [0.717, 1.165) is 36.2 Å². The fourth-order valence-corrected chi connectivity index (χ4v) is 3.94. The van der Waals surface area contributed by atoms with Gasteiger partial charge in [0, 0.05) is 24.4 Å². The van der Waals surface area contributed by atoms with Crippen LogP contribution in [-0.2, 0) is 10.2 Å². The van der Waals surface area contributed by atoms with Crippen LogP contribution in [0.25, 0.3) is 5.57 Å². The van der Waals surface area contributed by atoms with Crippen LogP contribution >= 0.6 is 0 Å². The Balaban J connectivity index is 2.24. The molecule has 0 saturated heterocycles. The zero-order chi connectivity index (χ0) is 17.2. The third-order valence-corrected chi connectivity index (χ3v) is 5.19. The number of allylic oxidation sites excluding steroid dienone is 2. The summed E-state index contributed by atoms with van der Waals surface area (Å²) >= 11 is 0. The molecule has 0 saturated carbocycles. The molecule has 1 atom stereocenters. The second-order valence-corrected chi connectivity index (χ2v) is 6.22. The van der Waals surface area contributed by atoms with Crippen molar-refractivity contribution in [2.45, 2.75) is 32.6 Å². The summed E-state index contributed by atoms with van der Waals surface area (Å²) in [6.45, 7) is 8.25. The lowest BCUT2D eigenvalue weighted by atomic mass is 9.59. The zero-order valence-corrected chi connectivity index (χ0v) is 14.8. The topological polar surface area (TPSA) is 20.3 Å². The van der Waals surface area contributed by atoms with E-state index in [0.29, 0.717) is 0 Å². The van der Waals surface area contributed by atoms with Gasteiger partial charge in [-0.2, -0.15) is 0 Å². The highest BCUT2D eigenvalue weighted by atomic mass is 16.1. The Kier molecular flexibility index (Phi) is 4.57. The summed E-state index contributed by atoms with van der Waals surface area (Å²) in [6, 6.07) is 20.3. The first kappa shape index (κ1) is 16.5. The van der Waals surface area contributed by atoms with E-state index in [2.05, 4.69) is 37.8 Å². The van der Waals surface area contributed by atoms with Gasteiger partial charge >= 0.3 is 0 Å². The number of ketones is 1. The summed E-state index contributed by atoms with van der Waals surface area (Å²) < 4.78 is 0. The summed E-state index contributed by atoms with van der Waals surface area (Å²) in [4.78, 5) is 15.7. The Morgan fingerprint density at radius 3 is 1.88 bits per heavy atom. The first-order valence-corrected chi connectivity index (χ1v) is 8.86. The van der Waals surface area contributed by atoms with Gasteiger partial charge in [-0.25, -0.2) is 0 Å². The predicted octanol–water partition coefficient (Wildman–Crippen LogP) is 4.67. The van der Waals surface area contributed by atoms with E-state index >= 15 is 0 Å². The Labute approximate surface area is 144 Å². The van der Waals surface area contributed by atoms with Crippen molar-refractivity contribution in [1.82, 2.24) is 4.90 Å². The molecule has 1 aliphatic carbocycles. The van der Waals surface area contributed by atoms with Crippen molar-refractivity contribution in [3.05, 3.63) is 77.5 Å². The van der Waals surface area contributed by atoms with E-state index < -0.39 is 5.41 Å². The standard InChI is InChI=1S/C22H25NO/c1-4-22(18-15-11-8-12-16-18)20(23(5-2)6-3)19(21(22)24)17-13-9-7-10-14-17/h7-16H,4-6H2,1-3H3. The van der Waals surface area contributed by atoms with Gasteiger partial charge in [0.05, 0.1) is 5.41 Å². The molecular formula is C22H25NO. The zero-order valence-electron chi connectivity index (χ0n) is 14.8. The molecule has 2 aromatic carbocycles. The molecule has 0 aliphatic heterocycles. The van der Waals surface area contributed by atoms with Crippen molar-refractivity contribution >= 4 is 11.4 Å². The number of hydrogen-bond acceptors (Lipinski definition) is 2. The Morgan fingerprint density at radius 1 is 0.833 bits per heavy atom. The van der Waals surface area contributed by atoms with Gasteiger partial charge in [-0.3, -0.25) is 4.79 Å². The average Bonchev–Trinajstić information content (AvgIpc) is 2.65. The van der Waals surface area contributed by atoms with Crippen LogP contribution < -0.4 is 0 Å². The first-order valence-electron chi connectivity index (χ1n) is 8.86. The molecule has 0 fully saturated rings. The van der Waals surface area contributed by atoms with Crippen molar-refractivity contribution in [3.8, 4) is 0 Å². The van der Waals surface area contributed by atoms with Gasteiger partial charge in [-0.15, -0.1) is 0 Å². The summed E-state index contributed by atoms with van der Waals surface area (Å²) in [6.07, 6.45) is 0.790. The first-order chi connectivity index (χ1) is 11.7. The lowest BCUT2D eigenvalue weighted by Crippen LogP contribution is -2.53. The Bertz CT molecular complexity index is 744. The van der Waals surface area contributed by atoms with Crippen LogP contribution in [0.5, 0.6) is 0 Å². The number of rotatable bonds is 6. The van der Waals surface area contributed by atoms with Crippen molar-refractivity contribution < 1.29 is 4.79 Å². The molecule has 24 heavy (non-hydrogen) atoms. The number of Topliss-reactive ketones (excluding diaryl/α,β-unsaturated/α-hetero) is 1. The number of likely N-dealkylation sites (N-methyl/N-ethyl adjacent to an activating group) is 1. The maximum absolute atomic E-state index is 13.4. The van der Waals surface area contributed by atoms with Crippen LogP contribution in [0.15, 0.2) is 66.4 Å². The Morgan fingerprint density at radius 2 is 1.38 bits per heavy atom. The van der Waals surface area contributed by atoms with Gasteiger partial charge in [-0.05, 0) is 31.4 Å². The number of benzene rings is 2. The molecule has 0 bridgehead atoms. The molecule has 0 aromatic heterocycles. The molecule has 1 unspecified atom stereocenters. The molecule has 1 aliphatic rings. The SMILES string of the molecule is CCN(CC)C1=C(c2ccccc2)C(=O)C1(CC)c1ccccc1. The lowest BCUT2D eigenvalue weighted by Gasteiger charge is -2.49. The van der Waals surface area contributed by atoms with Gasteiger partial charge in [-0.1, -0.05) is 67.6 Å². The van der Waals surface area contributed by atoms with E-state index in [4.69, 9.17) is 0 Å². The second kappa shape index (κ2) is 6.64. The molecule has 2 heteroatoms. The number of nitrogens with zero attached hydrogens (tertiary/aromatic N) is 1. The second-order valence-electron chi connectivity index (χ2n) is 6.22. The van der Waals surface area contributed by atoms with Gasteiger partial charge in [0.2, 0.25) is 0 Å². The maximum Gasteiger partial charge on any atom is 0.181 e. The number of carbonyl (C=O) groups is 1. The average molecular weight is 319 g/mol. The largest absolute Gasteiger partial charge is 0.374 e. The summed E-state index contributed by atoms with van der Waals surface area (Å²) in [5, 5.41) is 0. The van der Waals surface area contributed by atoms with Crippen molar-refractivity contribution in [2.24, 2.45) is 0 Å². The fourth-order valence-electron chi connectivity index (χ4n) is 3.94. The number of hydrogen-bond donors (Lipinski definition) is 0. The number of carbonyl (C=O) groups excluding carboxylic acids is 1. The molecular weight excluding hydrogens is 294 g/mol. The van der Waals surface area contributed by atoms with Gasteiger partial charge in [0.25, 0.3) is 0 Å². The monoisotopic (exact) mass is 319 g/mol. The molecule has 3 rings (SSSR count). The molecule has 0 radical (unpaired) electrons. The van der Waals surface area contributed by atoms with Crippen molar-refractivity contribution in [2.75, 3.05) is 13.1 Å². The predicted molar refractivity (Wildman–Crippen MR) is 99.7 cm³/mol. The molecule has 0 heterocycles. The van der Waals surface area contributed by atoms with E-state index in [1.54, 1.807) is 0 Å². The third-order valence-electron chi connectivity index (χ3n) is 5.19. The molecule has 2 nitrogen and oxygen atoms in total. The maximum atomic E-state index is 13.4. The van der Waals surface area contributed by atoms with E-state index in [9.17, 15) is 4.79 Å². The quantitative estimate of drug-likeness (QED) is 0.771. The van der Waals surface area contributed by atoms with E-state index in [1.165, 1.54) is 5.70 Å². The van der Waals surface area contributed by atoms with E-state index in [1.807, 2.05) is 48.5 Å². The molecule has 0 spiro atoms. The summed E-state index contributed by atoms with van der Waals surface area (Å²) in [7, 11) is 0. The van der Waals surface area contributed by atoms with Gasteiger partial charge in [0.1, 0.15) is 0 Å². The molecule has 0 N–H and O–H groups in total. The summed E-state index contributed by atoms with van der Waals surface area (Å²) in [5.41, 5.74) is 3.73. The highest BCUT2D eigenvalue weighted by Crippen LogP contribution is 2.52. The fraction of sp³-hybridized carbons (Fsp3) is 0.318. The minimum atomic E-state index is -0.502. The van der Waals surface area contributed by atoms with Crippen molar-refractivity contribution in [1.29, 1.82) is 0 Å². The van der Waals surface area contributed by atoms with Gasteiger partial charge < -0.3 is 4.90 Å². The summed E-state index contributed by atoms with van der Waals surface area (Å²) in [5.74, 6) is 0.254. The van der Waals surface area contributed by atoms with Crippen LogP contribution in [0.2, 0.25) is 0 Å². The van der Waals surface area contributed by atoms with Crippen LogP contribution in [0.4, 0.5) is 0 Å². The smallest absolute Gasteiger partial charge is 0.181 e. The molecule has 2 aromatic rings. The van der Waals surface area contributed by atoms with Gasteiger partial charge in [0.15, 0.2) is 5.78 Å². The van der Waals surface area contributed by atoms with Crippen LogP contribution in [0, 0.1) is 0 Å². The lowest BCUT2D eigenvalue weighted by molar-refractivity contribution is -0.120. The van der Waals surface area contributed by atoms with Crippen molar-refractivity contribution in [3.63, 3.8) is 0 Å². The minimum absolute atomic E-state index is 0.254.